The monoisotopic (exact) mass is 440 g/mol. The van der Waals surface area contributed by atoms with Gasteiger partial charge >= 0.3 is 0 Å². The Balaban J connectivity index is 1.47. The first-order valence-corrected chi connectivity index (χ1v) is 13.6. The van der Waals surface area contributed by atoms with E-state index in [4.69, 9.17) is 4.84 Å². The third-order valence-corrected chi connectivity index (χ3v) is 8.13. The molecule has 2 heterocycles. The molecule has 0 aromatic rings. The lowest BCUT2D eigenvalue weighted by Crippen LogP contribution is -2.33. The number of likely N-dealkylation sites (tertiary alicyclic amines) is 1. The van der Waals surface area contributed by atoms with Gasteiger partial charge in [-0.15, -0.1) is 0 Å². The van der Waals surface area contributed by atoms with Crippen LogP contribution in [0.4, 0.5) is 0 Å². The molecule has 32 heavy (non-hydrogen) atoms. The van der Waals surface area contributed by atoms with Crippen molar-refractivity contribution in [3.8, 4) is 0 Å². The summed E-state index contributed by atoms with van der Waals surface area (Å²) in [5.74, 6) is 2.58. The van der Waals surface area contributed by atoms with Crippen LogP contribution in [0.25, 0.3) is 0 Å². The van der Waals surface area contributed by atoms with E-state index in [-0.39, 0.29) is 6.10 Å². The molecule has 0 spiro atoms. The van der Waals surface area contributed by atoms with E-state index in [1.165, 1.54) is 102 Å². The molecule has 3 atom stereocenters. The average molecular weight is 441 g/mol. The average Bonchev–Trinajstić information content (AvgIpc) is 3.29. The van der Waals surface area contributed by atoms with Crippen LogP contribution < -0.4 is 0 Å². The highest BCUT2D eigenvalue weighted by Gasteiger charge is 2.28. The second-order valence-corrected chi connectivity index (χ2v) is 10.6. The summed E-state index contributed by atoms with van der Waals surface area (Å²) in [6.45, 7) is 8.86. The van der Waals surface area contributed by atoms with Gasteiger partial charge in [-0.3, -0.25) is 0 Å². The molecule has 180 valence electrons. The number of hydrogen-bond donors (Lipinski definition) is 0. The van der Waals surface area contributed by atoms with Gasteiger partial charge in [0, 0.05) is 12.3 Å². The second kappa shape index (κ2) is 14.0. The third kappa shape index (κ3) is 8.21. The third-order valence-electron chi connectivity index (χ3n) is 8.13. The van der Waals surface area contributed by atoms with Crippen molar-refractivity contribution in [1.82, 2.24) is 4.90 Å². The minimum atomic E-state index is 0.0337. The molecule has 2 aliphatic heterocycles. The molecule has 1 aliphatic carbocycles. The van der Waals surface area contributed by atoms with Gasteiger partial charge < -0.3 is 9.74 Å². The zero-order chi connectivity index (χ0) is 22.6. The molecule has 2 fully saturated rings. The van der Waals surface area contributed by atoms with Gasteiger partial charge in [0.1, 0.15) is 0 Å². The van der Waals surface area contributed by atoms with Crippen LogP contribution in [0.2, 0.25) is 0 Å². The fraction of sp³-hybridized carbons (Fsp3) is 0.759. The standard InChI is InChI=1S/C29H48N2O/c1-4-5-9-14-24(2)29-23-28(30-32-29)27-17-11-7-6-10-15-25(16-12-8-13-18-27)26-19-21-31(3)22-20-26/h4-5,9,14,25-27,29H,2,6-8,10-13,15-23H2,1,3H3/b5-4-,14-9-. The Morgan fingerprint density at radius 2 is 1.47 bits per heavy atom. The minimum Gasteiger partial charge on any atom is -0.387 e. The van der Waals surface area contributed by atoms with Crippen LogP contribution in [0.1, 0.15) is 96.8 Å². The molecule has 0 aromatic carbocycles. The quantitative estimate of drug-likeness (QED) is 0.409. The van der Waals surface area contributed by atoms with Crippen molar-refractivity contribution in [2.75, 3.05) is 20.1 Å². The Morgan fingerprint density at radius 3 is 2.12 bits per heavy atom. The van der Waals surface area contributed by atoms with E-state index in [2.05, 4.69) is 29.8 Å². The van der Waals surface area contributed by atoms with Crippen LogP contribution in [0, 0.1) is 17.8 Å². The van der Waals surface area contributed by atoms with Gasteiger partial charge in [-0.2, -0.15) is 0 Å². The molecular formula is C29H48N2O. The lowest BCUT2D eigenvalue weighted by Gasteiger charge is -2.34. The molecule has 0 aromatic heterocycles. The number of hydrogen-bond acceptors (Lipinski definition) is 3. The van der Waals surface area contributed by atoms with Crippen molar-refractivity contribution in [3.63, 3.8) is 0 Å². The van der Waals surface area contributed by atoms with Gasteiger partial charge in [-0.05, 0) is 70.2 Å². The predicted octanol–water partition coefficient (Wildman–Crippen LogP) is 7.70. The number of nitrogens with zero attached hydrogens (tertiary/aromatic N) is 2. The molecule has 3 rings (SSSR count). The highest BCUT2D eigenvalue weighted by molar-refractivity contribution is 5.88. The van der Waals surface area contributed by atoms with Gasteiger partial charge in [0.05, 0.1) is 5.71 Å². The summed E-state index contributed by atoms with van der Waals surface area (Å²) in [6.07, 6.45) is 27.2. The topological polar surface area (TPSA) is 24.8 Å². The minimum absolute atomic E-state index is 0.0337. The van der Waals surface area contributed by atoms with Gasteiger partial charge in [-0.25, -0.2) is 0 Å². The van der Waals surface area contributed by atoms with Gasteiger partial charge in [0.25, 0.3) is 0 Å². The van der Waals surface area contributed by atoms with Crippen LogP contribution in [0.5, 0.6) is 0 Å². The first-order valence-electron chi connectivity index (χ1n) is 13.6. The van der Waals surface area contributed by atoms with Crippen LogP contribution in [-0.4, -0.2) is 36.9 Å². The summed E-state index contributed by atoms with van der Waals surface area (Å²) >= 11 is 0. The highest BCUT2D eigenvalue weighted by Crippen LogP contribution is 2.34. The molecule has 3 heteroatoms. The highest BCUT2D eigenvalue weighted by atomic mass is 16.6. The summed E-state index contributed by atoms with van der Waals surface area (Å²) in [5, 5.41) is 4.56. The lowest BCUT2D eigenvalue weighted by molar-refractivity contribution is 0.114. The molecule has 0 bridgehead atoms. The fourth-order valence-corrected chi connectivity index (χ4v) is 5.95. The maximum Gasteiger partial charge on any atom is 0.157 e. The van der Waals surface area contributed by atoms with Crippen LogP contribution in [0.15, 0.2) is 41.6 Å². The maximum absolute atomic E-state index is 5.80. The molecule has 0 radical (unpaired) electrons. The van der Waals surface area contributed by atoms with E-state index in [0.29, 0.717) is 5.92 Å². The number of rotatable bonds is 5. The Bertz CT molecular complexity index is 642. The lowest BCUT2D eigenvalue weighted by atomic mass is 9.78. The van der Waals surface area contributed by atoms with Crippen molar-refractivity contribution in [3.05, 3.63) is 36.5 Å². The van der Waals surface area contributed by atoms with Crippen molar-refractivity contribution < 1.29 is 4.84 Å². The van der Waals surface area contributed by atoms with E-state index in [0.717, 1.165) is 23.8 Å². The summed E-state index contributed by atoms with van der Waals surface area (Å²) in [6, 6.07) is 0. The Morgan fingerprint density at radius 1 is 0.875 bits per heavy atom. The van der Waals surface area contributed by atoms with Gasteiger partial charge in [-0.1, -0.05) is 93.8 Å². The molecule has 3 aliphatic rings. The van der Waals surface area contributed by atoms with Crippen LogP contribution in [0.3, 0.4) is 0 Å². The smallest absolute Gasteiger partial charge is 0.157 e. The first kappa shape index (κ1) is 25.3. The Labute approximate surface area is 198 Å². The fourth-order valence-electron chi connectivity index (χ4n) is 5.95. The van der Waals surface area contributed by atoms with Crippen molar-refractivity contribution in [1.29, 1.82) is 0 Å². The van der Waals surface area contributed by atoms with Gasteiger partial charge in [0.15, 0.2) is 6.10 Å². The normalized spacial score (nSPS) is 30.4. The summed E-state index contributed by atoms with van der Waals surface area (Å²) in [4.78, 5) is 8.32. The molecule has 1 saturated heterocycles. The molecule has 3 nitrogen and oxygen atoms in total. The zero-order valence-corrected chi connectivity index (χ0v) is 20.9. The maximum atomic E-state index is 5.80. The molecule has 0 amide bonds. The van der Waals surface area contributed by atoms with Gasteiger partial charge in [0.2, 0.25) is 0 Å². The first-order chi connectivity index (χ1) is 15.7. The summed E-state index contributed by atoms with van der Waals surface area (Å²) in [7, 11) is 2.29. The van der Waals surface area contributed by atoms with E-state index >= 15 is 0 Å². The van der Waals surface area contributed by atoms with Crippen molar-refractivity contribution >= 4 is 5.71 Å². The van der Waals surface area contributed by atoms with E-state index in [9.17, 15) is 0 Å². The molecule has 0 N–H and O–H groups in total. The predicted molar refractivity (Wildman–Crippen MR) is 138 cm³/mol. The molecule has 3 unspecified atom stereocenters. The van der Waals surface area contributed by atoms with Crippen LogP contribution >= 0.6 is 0 Å². The largest absolute Gasteiger partial charge is 0.387 e. The van der Waals surface area contributed by atoms with E-state index < -0.39 is 0 Å². The summed E-state index contributed by atoms with van der Waals surface area (Å²) < 4.78 is 0. The van der Waals surface area contributed by atoms with Crippen molar-refractivity contribution in [2.45, 2.75) is 103 Å². The number of allylic oxidation sites excluding steroid dienone is 3. The zero-order valence-electron chi connectivity index (χ0n) is 20.9. The second-order valence-electron chi connectivity index (χ2n) is 10.6. The van der Waals surface area contributed by atoms with E-state index in [1.54, 1.807) is 0 Å². The number of oxime groups is 1. The molecule has 1 saturated carbocycles. The SMILES string of the molecule is C=C(/C=C\C=C/C)C1CC(C2CCCCCCC(C3CCN(C)CC3)CCCCC2)=NO1. The Hall–Kier alpha value is -1.35. The Kier molecular flexibility index (Phi) is 11.1. The van der Waals surface area contributed by atoms with Crippen molar-refractivity contribution in [2.24, 2.45) is 22.9 Å². The number of piperidine rings is 1. The molecular weight excluding hydrogens is 392 g/mol. The van der Waals surface area contributed by atoms with Crippen LogP contribution in [-0.2, 0) is 4.84 Å². The summed E-state index contributed by atoms with van der Waals surface area (Å²) in [5.41, 5.74) is 2.33. The van der Waals surface area contributed by atoms with E-state index in [1.807, 2.05) is 25.2 Å².